The van der Waals surface area contributed by atoms with Gasteiger partial charge >= 0.3 is 0 Å². The molecule has 5 nitrogen and oxygen atoms in total. The van der Waals surface area contributed by atoms with Crippen molar-refractivity contribution in [1.82, 2.24) is 20.0 Å². The van der Waals surface area contributed by atoms with Crippen molar-refractivity contribution >= 4 is 46.2 Å². The van der Waals surface area contributed by atoms with E-state index < -0.39 is 0 Å². The van der Waals surface area contributed by atoms with E-state index in [9.17, 15) is 0 Å². The van der Waals surface area contributed by atoms with Gasteiger partial charge in [0.05, 0.1) is 12.2 Å². The molecule has 2 aromatic heterocycles. The molecule has 2 N–H and O–H groups in total. The molecule has 0 aliphatic heterocycles. The summed E-state index contributed by atoms with van der Waals surface area (Å²) in [6, 6.07) is 0.428. The molecule has 7 heteroatoms. The highest BCUT2D eigenvalue weighted by Gasteiger charge is 2.07. The fourth-order valence-corrected chi connectivity index (χ4v) is 3.19. The van der Waals surface area contributed by atoms with Gasteiger partial charge in [0, 0.05) is 30.4 Å². The number of hydrogen-bond donors (Lipinski definition) is 2. The third kappa shape index (κ3) is 6.96. The molecule has 0 radical (unpaired) electrons. The number of nitrogens with one attached hydrogen (secondary N) is 2. The Hall–Kier alpha value is -0.830. The first-order valence-corrected chi connectivity index (χ1v) is 9.42. The minimum Gasteiger partial charge on any atom is -0.357 e. The molecular weight excluding hydrogens is 433 g/mol. The summed E-state index contributed by atoms with van der Waals surface area (Å²) < 4.78 is 2.05. The lowest BCUT2D eigenvalue weighted by Crippen LogP contribution is -2.42. The van der Waals surface area contributed by atoms with Crippen LogP contribution in [0.5, 0.6) is 0 Å². The second-order valence-corrected chi connectivity index (χ2v) is 7.26. The van der Waals surface area contributed by atoms with Crippen molar-refractivity contribution in [3.63, 3.8) is 0 Å². The smallest absolute Gasteiger partial charge is 0.193 e. The highest BCUT2D eigenvalue weighted by Crippen LogP contribution is 2.12. The number of halogens is 1. The first kappa shape index (κ1) is 21.2. The monoisotopic (exact) mass is 463 g/mol. The summed E-state index contributed by atoms with van der Waals surface area (Å²) in [4.78, 5) is 10.3. The number of thiazole rings is 1. The molecule has 24 heavy (non-hydrogen) atoms. The Kier molecular flexibility index (Phi) is 9.65. The van der Waals surface area contributed by atoms with Crippen LogP contribution in [0.1, 0.15) is 52.7 Å². The average molecular weight is 463 g/mol. The Labute approximate surface area is 166 Å². The number of guanidine groups is 1. The number of rotatable bonds is 8. The Morgan fingerprint density at radius 3 is 2.79 bits per heavy atom. The predicted octanol–water partition coefficient (Wildman–Crippen LogP) is 4.28. The van der Waals surface area contributed by atoms with Gasteiger partial charge in [-0.2, -0.15) is 0 Å². The molecule has 1 unspecified atom stereocenters. The van der Waals surface area contributed by atoms with Crippen LogP contribution >= 0.6 is 35.3 Å². The summed E-state index contributed by atoms with van der Waals surface area (Å²) >= 11 is 1.65. The van der Waals surface area contributed by atoms with E-state index in [-0.39, 0.29) is 24.0 Å². The van der Waals surface area contributed by atoms with Gasteiger partial charge < -0.3 is 10.6 Å². The summed E-state index contributed by atoms with van der Waals surface area (Å²) in [5.74, 6) is 1.65. The summed E-state index contributed by atoms with van der Waals surface area (Å²) in [5, 5.41) is 8.86. The summed E-state index contributed by atoms with van der Waals surface area (Å²) in [6.45, 7) is 10.3. The molecule has 0 aliphatic rings. The van der Waals surface area contributed by atoms with Crippen molar-refractivity contribution < 1.29 is 0 Å². The van der Waals surface area contributed by atoms with Crippen molar-refractivity contribution in [2.75, 3.05) is 6.54 Å². The second kappa shape index (κ2) is 10.9. The van der Waals surface area contributed by atoms with Gasteiger partial charge in [0.25, 0.3) is 0 Å². The molecule has 2 aromatic rings. The number of aliphatic imine (C=N–C) groups is 1. The molecule has 0 aliphatic carbocycles. The number of aromatic nitrogens is 2. The first-order valence-electron chi connectivity index (χ1n) is 8.54. The molecular formula is C17H30IN5S. The Morgan fingerprint density at radius 2 is 2.12 bits per heavy atom. The number of fused-ring (bicyclic) bond motifs is 1. The van der Waals surface area contributed by atoms with E-state index in [1.54, 1.807) is 11.3 Å². The van der Waals surface area contributed by atoms with Crippen molar-refractivity contribution in [2.24, 2.45) is 10.9 Å². The fourth-order valence-electron chi connectivity index (χ4n) is 2.47. The van der Waals surface area contributed by atoms with E-state index in [0.29, 0.717) is 12.6 Å². The molecule has 0 saturated carbocycles. The van der Waals surface area contributed by atoms with Gasteiger partial charge in [-0.3, -0.25) is 4.40 Å². The maximum absolute atomic E-state index is 4.66. The number of imidazole rings is 1. The normalized spacial score (nSPS) is 13.1. The van der Waals surface area contributed by atoms with E-state index in [0.717, 1.165) is 29.1 Å². The minimum absolute atomic E-state index is 0. The number of hydrogen-bond acceptors (Lipinski definition) is 3. The van der Waals surface area contributed by atoms with Crippen LogP contribution in [0.25, 0.3) is 4.96 Å². The molecule has 0 amide bonds. The zero-order valence-corrected chi connectivity index (χ0v) is 18.2. The van der Waals surface area contributed by atoms with E-state index in [2.05, 4.69) is 48.3 Å². The van der Waals surface area contributed by atoms with Crippen LogP contribution in [-0.4, -0.2) is 27.9 Å². The zero-order chi connectivity index (χ0) is 16.7. The lowest BCUT2D eigenvalue weighted by atomic mass is 10.0. The minimum atomic E-state index is 0. The first-order chi connectivity index (χ1) is 11.1. The van der Waals surface area contributed by atoms with E-state index in [4.69, 9.17) is 0 Å². The second-order valence-electron chi connectivity index (χ2n) is 6.39. The van der Waals surface area contributed by atoms with E-state index in [1.807, 2.05) is 22.2 Å². The van der Waals surface area contributed by atoms with Crippen molar-refractivity contribution in [3.05, 3.63) is 23.5 Å². The van der Waals surface area contributed by atoms with Crippen LogP contribution in [-0.2, 0) is 6.54 Å². The van der Waals surface area contributed by atoms with Gasteiger partial charge in [-0.25, -0.2) is 9.98 Å². The summed E-state index contributed by atoms with van der Waals surface area (Å²) in [6.07, 6.45) is 7.78. The topological polar surface area (TPSA) is 53.7 Å². The van der Waals surface area contributed by atoms with Gasteiger partial charge in [-0.1, -0.05) is 26.7 Å². The molecule has 0 spiro atoms. The Balaban J connectivity index is 0.00000288. The molecule has 0 bridgehead atoms. The quantitative estimate of drug-likeness (QED) is 0.349. The van der Waals surface area contributed by atoms with Gasteiger partial charge in [-0.15, -0.1) is 35.3 Å². The van der Waals surface area contributed by atoms with Crippen LogP contribution in [0, 0.1) is 5.92 Å². The lowest BCUT2D eigenvalue weighted by Gasteiger charge is -2.18. The summed E-state index contributed by atoms with van der Waals surface area (Å²) in [5.41, 5.74) is 1.00. The van der Waals surface area contributed by atoms with Crippen molar-refractivity contribution in [3.8, 4) is 0 Å². The third-order valence-electron chi connectivity index (χ3n) is 3.69. The lowest BCUT2D eigenvalue weighted by molar-refractivity contribution is 0.491. The largest absolute Gasteiger partial charge is 0.357 e. The molecule has 2 rings (SSSR count). The molecule has 0 fully saturated rings. The van der Waals surface area contributed by atoms with Crippen LogP contribution in [0.2, 0.25) is 0 Å². The van der Waals surface area contributed by atoms with Crippen LogP contribution in [0.4, 0.5) is 0 Å². The fraction of sp³-hybridized carbons (Fsp3) is 0.647. The van der Waals surface area contributed by atoms with Crippen molar-refractivity contribution in [2.45, 2.75) is 59.5 Å². The SMILES string of the molecule is CCNC(=NCc1cn2ccsc2n1)NC(C)CCCC(C)C.I. The molecule has 136 valence electrons. The predicted molar refractivity (Wildman–Crippen MR) is 115 cm³/mol. The number of nitrogens with zero attached hydrogens (tertiary/aromatic N) is 3. The van der Waals surface area contributed by atoms with E-state index >= 15 is 0 Å². The maximum Gasteiger partial charge on any atom is 0.193 e. The molecule has 1 atom stereocenters. The van der Waals surface area contributed by atoms with Crippen LogP contribution in [0.3, 0.4) is 0 Å². The highest BCUT2D eigenvalue weighted by atomic mass is 127. The maximum atomic E-state index is 4.66. The molecule has 0 aromatic carbocycles. The highest BCUT2D eigenvalue weighted by molar-refractivity contribution is 14.0. The van der Waals surface area contributed by atoms with E-state index in [1.165, 1.54) is 19.3 Å². The van der Waals surface area contributed by atoms with Crippen LogP contribution in [0.15, 0.2) is 22.8 Å². The zero-order valence-electron chi connectivity index (χ0n) is 15.1. The van der Waals surface area contributed by atoms with Gasteiger partial charge in [0.15, 0.2) is 10.9 Å². The summed E-state index contributed by atoms with van der Waals surface area (Å²) in [7, 11) is 0. The van der Waals surface area contributed by atoms with Gasteiger partial charge in [0.2, 0.25) is 0 Å². The standard InChI is InChI=1S/C17H29N5S.HI/c1-5-18-16(20-14(4)8-6-7-13(2)3)19-11-15-12-22-9-10-23-17(22)21-15;/h9-10,12-14H,5-8,11H2,1-4H3,(H2,18,19,20);1H. The molecule has 0 saturated heterocycles. The third-order valence-corrected chi connectivity index (χ3v) is 4.46. The van der Waals surface area contributed by atoms with Crippen LogP contribution < -0.4 is 10.6 Å². The Morgan fingerprint density at radius 1 is 1.33 bits per heavy atom. The van der Waals surface area contributed by atoms with Gasteiger partial charge in [-0.05, 0) is 26.2 Å². The van der Waals surface area contributed by atoms with Gasteiger partial charge in [0.1, 0.15) is 0 Å². The molecule has 2 heterocycles. The average Bonchev–Trinajstić information content (AvgIpc) is 3.05. The van der Waals surface area contributed by atoms with Crippen molar-refractivity contribution in [1.29, 1.82) is 0 Å². The Bertz CT molecular complexity index is 591.